The molecule has 0 aliphatic carbocycles. The Bertz CT molecular complexity index is 466. The maximum absolute atomic E-state index is 9.96. The Morgan fingerprint density at radius 3 is 2.06 bits per heavy atom. The van der Waals surface area contributed by atoms with Crippen LogP contribution in [0.15, 0.2) is 54.6 Å². The van der Waals surface area contributed by atoms with Crippen LogP contribution in [0, 0.1) is 0 Å². The van der Waals surface area contributed by atoms with Crippen LogP contribution in [-0.2, 0) is 5.60 Å². The lowest BCUT2D eigenvalue weighted by Crippen LogP contribution is -2.15. The van der Waals surface area contributed by atoms with Crippen molar-refractivity contribution in [3.05, 3.63) is 60.2 Å². The highest BCUT2D eigenvalue weighted by molar-refractivity contribution is 5.64. The largest absolute Gasteiger partial charge is 0.386 e. The molecule has 0 aromatic heterocycles. The highest BCUT2D eigenvalue weighted by Crippen LogP contribution is 2.25. The van der Waals surface area contributed by atoms with Crippen molar-refractivity contribution in [2.24, 2.45) is 0 Å². The van der Waals surface area contributed by atoms with Crippen LogP contribution in [0.4, 0.5) is 0 Å². The van der Waals surface area contributed by atoms with Crippen molar-refractivity contribution in [2.45, 2.75) is 19.4 Å². The molecule has 0 bridgehead atoms. The summed E-state index contributed by atoms with van der Waals surface area (Å²) in [5.41, 5.74) is 2.47. The van der Waals surface area contributed by atoms with Crippen LogP contribution < -0.4 is 0 Å². The first-order chi connectivity index (χ1) is 7.57. The molecule has 2 rings (SSSR count). The van der Waals surface area contributed by atoms with E-state index in [0.717, 1.165) is 11.1 Å². The molecular formula is C15H16O. The van der Waals surface area contributed by atoms with Crippen molar-refractivity contribution in [3.8, 4) is 11.1 Å². The van der Waals surface area contributed by atoms with Crippen LogP contribution >= 0.6 is 0 Å². The first-order valence-electron chi connectivity index (χ1n) is 5.46. The van der Waals surface area contributed by atoms with Gasteiger partial charge in [-0.2, -0.15) is 0 Å². The molecule has 0 aliphatic rings. The molecule has 0 heterocycles. The van der Waals surface area contributed by atoms with Crippen molar-refractivity contribution in [1.29, 1.82) is 0 Å². The predicted octanol–water partition coefficient (Wildman–Crippen LogP) is 3.58. The van der Waals surface area contributed by atoms with Crippen molar-refractivity contribution >= 4 is 0 Å². The molecule has 0 spiro atoms. The number of benzene rings is 2. The summed E-state index contributed by atoms with van der Waals surface area (Å²) in [6.45, 7) is 3.61. The van der Waals surface area contributed by atoms with Gasteiger partial charge in [-0.1, -0.05) is 48.5 Å². The molecule has 1 nitrogen and oxygen atoms in total. The second-order valence-corrected chi connectivity index (χ2v) is 4.51. The molecule has 0 saturated heterocycles. The van der Waals surface area contributed by atoms with Crippen LogP contribution in [0.25, 0.3) is 11.1 Å². The Labute approximate surface area is 96.4 Å². The zero-order chi connectivity index (χ0) is 11.6. The molecule has 2 aromatic rings. The van der Waals surface area contributed by atoms with E-state index < -0.39 is 5.60 Å². The van der Waals surface area contributed by atoms with Crippen molar-refractivity contribution < 1.29 is 5.11 Å². The van der Waals surface area contributed by atoms with Crippen LogP contribution in [0.1, 0.15) is 19.4 Å². The van der Waals surface area contributed by atoms with Gasteiger partial charge in [-0.15, -0.1) is 0 Å². The summed E-state index contributed by atoms with van der Waals surface area (Å²) < 4.78 is 0. The Morgan fingerprint density at radius 2 is 1.44 bits per heavy atom. The van der Waals surface area contributed by atoms with Gasteiger partial charge in [-0.25, -0.2) is 0 Å². The summed E-state index contributed by atoms with van der Waals surface area (Å²) in [7, 11) is 0. The van der Waals surface area contributed by atoms with E-state index in [4.69, 9.17) is 0 Å². The van der Waals surface area contributed by atoms with Crippen molar-refractivity contribution in [2.75, 3.05) is 0 Å². The molecule has 1 heteroatoms. The van der Waals surface area contributed by atoms with E-state index in [9.17, 15) is 5.11 Å². The van der Waals surface area contributed by atoms with Gasteiger partial charge in [-0.3, -0.25) is 0 Å². The highest BCUT2D eigenvalue weighted by Gasteiger charge is 2.15. The SMILES string of the molecule is CC(C)(O)c1cccc(-c2ccccc2)c1. The quantitative estimate of drug-likeness (QED) is 0.806. The Balaban J connectivity index is 2.45. The van der Waals surface area contributed by atoms with Gasteiger partial charge in [0.25, 0.3) is 0 Å². The number of aliphatic hydroxyl groups is 1. The van der Waals surface area contributed by atoms with Crippen molar-refractivity contribution in [1.82, 2.24) is 0 Å². The molecule has 0 fully saturated rings. The molecule has 0 aliphatic heterocycles. The van der Waals surface area contributed by atoms with Crippen LogP contribution in [0.3, 0.4) is 0 Å². The maximum atomic E-state index is 9.96. The fourth-order valence-corrected chi connectivity index (χ4v) is 1.71. The second kappa shape index (κ2) is 4.11. The predicted molar refractivity (Wildman–Crippen MR) is 67.1 cm³/mol. The monoisotopic (exact) mass is 212 g/mol. The standard InChI is InChI=1S/C15H16O/c1-15(2,16)14-10-6-9-13(11-14)12-7-4-3-5-8-12/h3-11,16H,1-2H3. The van der Waals surface area contributed by atoms with Gasteiger partial charge in [0.05, 0.1) is 5.60 Å². The zero-order valence-electron chi connectivity index (χ0n) is 9.64. The van der Waals surface area contributed by atoms with Gasteiger partial charge in [0.2, 0.25) is 0 Å². The fraction of sp³-hybridized carbons (Fsp3) is 0.200. The Kier molecular flexibility index (Phi) is 2.80. The topological polar surface area (TPSA) is 20.2 Å². The smallest absolute Gasteiger partial charge is 0.0840 e. The first-order valence-corrected chi connectivity index (χ1v) is 5.46. The summed E-state index contributed by atoms with van der Waals surface area (Å²) in [5, 5.41) is 9.96. The van der Waals surface area contributed by atoms with E-state index in [1.807, 2.05) is 36.4 Å². The molecule has 0 atom stereocenters. The molecule has 1 N–H and O–H groups in total. The molecular weight excluding hydrogens is 196 g/mol. The summed E-state index contributed by atoms with van der Waals surface area (Å²) in [6, 6.07) is 18.2. The van der Waals surface area contributed by atoms with E-state index in [1.165, 1.54) is 5.56 Å². The minimum atomic E-state index is -0.787. The summed E-state index contributed by atoms with van der Waals surface area (Å²) in [5.74, 6) is 0. The van der Waals surface area contributed by atoms with Gasteiger partial charge in [0.15, 0.2) is 0 Å². The average molecular weight is 212 g/mol. The second-order valence-electron chi connectivity index (χ2n) is 4.51. The molecule has 2 aromatic carbocycles. The third-order valence-electron chi connectivity index (χ3n) is 2.68. The lowest BCUT2D eigenvalue weighted by Gasteiger charge is -2.18. The third kappa shape index (κ3) is 2.31. The molecule has 0 amide bonds. The Morgan fingerprint density at radius 1 is 0.812 bits per heavy atom. The molecule has 0 radical (unpaired) electrons. The van der Waals surface area contributed by atoms with Crippen LogP contribution in [-0.4, -0.2) is 5.11 Å². The summed E-state index contributed by atoms with van der Waals surface area (Å²) in [4.78, 5) is 0. The van der Waals surface area contributed by atoms with Gasteiger partial charge in [-0.05, 0) is 36.6 Å². The van der Waals surface area contributed by atoms with E-state index in [-0.39, 0.29) is 0 Å². The molecule has 0 unspecified atom stereocenters. The average Bonchev–Trinajstić information content (AvgIpc) is 2.29. The lowest BCUT2D eigenvalue weighted by molar-refractivity contribution is 0.0786. The molecule has 16 heavy (non-hydrogen) atoms. The van der Waals surface area contributed by atoms with Gasteiger partial charge >= 0.3 is 0 Å². The van der Waals surface area contributed by atoms with E-state index >= 15 is 0 Å². The minimum Gasteiger partial charge on any atom is -0.386 e. The summed E-state index contributed by atoms with van der Waals surface area (Å²) in [6.07, 6.45) is 0. The zero-order valence-corrected chi connectivity index (χ0v) is 9.64. The van der Waals surface area contributed by atoms with Crippen molar-refractivity contribution in [3.63, 3.8) is 0 Å². The van der Waals surface area contributed by atoms with Gasteiger partial charge in [0.1, 0.15) is 0 Å². The number of hydrogen-bond donors (Lipinski definition) is 1. The maximum Gasteiger partial charge on any atom is 0.0840 e. The minimum absolute atomic E-state index is 0.787. The fourth-order valence-electron chi connectivity index (χ4n) is 1.71. The summed E-state index contributed by atoms with van der Waals surface area (Å²) >= 11 is 0. The Hall–Kier alpha value is -1.60. The van der Waals surface area contributed by atoms with E-state index in [1.54, 1.807) is 13.8 Å². The number of hydrogen-bond acceptors (Lipinski definition) is 1. The molecule has 82 valence electrons. The van der Waals surface area contributed by atoms with Gasteiger partial charge < -0.3 is 5.11 Å². The van der Waals surface area contributed by atoms with Crippen LogP contribution in [0.5, 0.6) is 0 Å². The van der Waals surface area contributed by atoms with E-state index in [2.05, 4.69) is 18.2 Å². The normalized spacial score (nSPS) is 11.4. The highest BCUT2D eigenvalue weighted by atomic mass is 16.3. The van der Waals surface area contributed by atoms with Gasteiger partial charge in [0, 0.05) is 0 Å². The van der Waals surface area contributed by atoms with Crippen LogP contribution in [0.2, 0.25) is 0 Å². The molecule has 0 saturated carbocycles. The third-order valence-corrected chi connectivity index (χ3v) is 2.68. The first kappa shape index (κ1) is 10.9. The number of rotatable bonds is 2. The lowest BCUT2D eigenvalue weighted by atomic mass is 9.94. The van der Waals surface area contributed by atoms with E-state index in [0.29, 0.717) is 0 Å².